The third kappa shape index (κ3) is 5.47. The van der Waals surface area contributed by atoms with Gasteiger partial charge < -0.3 is 15.0 Å². The number of hydrogen-bond acceptors (Lipinski definition) is 3. The number of likely N-dealkylation sites (tertiary alicyclic amines) is 1. The van der Waals surface area contributed by atoms with E-state index in [1.54, 1.807) is 9.80 Å². The molecule has 0 saturated carbocycles. The molecular weight excluding hydrogens is 354 g/mol. The summed E-state index contributed by atoms with van der Waals surface area (Å²) in [7, 11) is 0. The first-order valence-electron chi connectivity index (χ1n) is 10.5. The predicted octanol–water partition coefficient (Wildman–Crippen LogP) is 1.53. The average molecular weight is 389 g/mol. The largest absolute Gasteiger partial charge is 0.444 e. The molecule has 0 aromatic heterocycles. The number of ether oxygens (including phenoxy) is 1. The molecule has 1 aromatic rings. The monoisotopic (exact) mass is 388 g/mol. The van der Waals surface area contributed by atoms with Gasteiger partial charge in [0.25, 0.3) is 0 Å². The summed E-state index contributed by atoms with van der Waals surface area (Å²) in [6.45, 7) is 9.92. The van der Waals surface area contributed by atoms with Crippen molar-refractivity contribution in [1.82, 2.24) is 10.2 Å². The summed E-state index contributed by atoms with van der Waals surface area (Å²) in [5.74, 6) is -0.0863. The minimum Gasteiger partial charge on any atom is -0.444 e. The van der Waals surface area contributed by atoms with Gasteiger partial charge in [0.1, 0.15) is 11.6 Å². The van der Waals surface area contributed by atoms with E-state index in [1.807, 2.05) is 45.0 Å². The van der Waals surface area contributed by atoms with Crippen LogP contribution in [0.2, 0.25) is 0 Å². The number of nitrogens with zero attached hydrogens (tertiary/aromatic N) is 1. The standard InChI is InChI=1S/C22H33N3O3/c1-22(2,3)28-21(27)25-16-18-10-6-5-9-17(18)15-19(25)20(26)23-11-14-24-12-7-4-8-13-24/h5-6,9-10,19H,4,7-8,11-16H2,1-3H3,(H,23,26)/p+1/t19-/m1/s1. The van der Waals surface area contributed by atoms with Crippen LogP contribution in [-0.4, -0.2) is 54.7 Å². The predicted molar refractivity (Wildman–Crippen MR) is 108 cm³/mol. The Morgan fingerprint density at radius 3 is 2.50 bits per heavy atom. The van der Waals surface area contributed by atoms with Gasteiger partial charge in [0, 0.05) is 6.42 Å². The highest BCUT2D eigenvalue weighted by molar-refractivity contribution is 5.86. The van der Waals surface area contributed by atoms with Crippen LogP contribution < -0.4 is 10.2 Å². The number of quaternary nitrogens is 1. The van der Waals surface area contributed by atoms with Crippen molar-refractivity contribution in [2.45, 2.75) is 64.6 Å². The Morgan fingerprint density at radius 2 is 1.82 bits per heavy atom. The van der Waals surface area contributed by atoms with Crippen LogP contribution in [0.3, 0.4) is 0 Å². The fourth-order valence-corrected chi connectivity index (χ4v) is 4.05. The Balaban J connectivity index is 1.65. The maximum Gasteiger partial charge on any atom is 0.411 e. The van der Waals surface area contributed by atoms with Crippen LogP contribution in [0.4, 0.5) is 4.79 Å². The van der Waals surface area contributed by atoms with E-state index in [0.29, 0.717) is 19.5 Å². The smallest absolute Gasteiger partial charge is 0.411 e. The highest BCUT2D eigenvalue weighted by Crippen LogP contribution is 2.25. The van der Waals surface area contributed by atoms with Crippen molar-refractivity contribution >= 4 is 12.0 Å². The van der Waals surface area contributed by atoms with Gasteiger partial charge in [-0.3, -0.25) is 9.69 Å². The topological polar surface area (TPSA) is 63.1 Å². The summed E-state index contributed by atoms with van der Waals surface area (Å²) in [5, 5.41) is 3.07. The van der Waals surface area contributed by atoms with Gasteiger partial charge in [-0.25, -0.2) is 4.79 Å². The highest BCUT2D eigenvalue weighted by atomic mass is 16.6. The molecule has 1 fully saturated rings. The third-order valence-corrected chi connectivity index (χ3v) is 5.52. The molecule has 2 amide bonds. The minimum absolute atomic E-state index is 0.0863. The Morgan fingerprint density at radius 1 is 1.14 bits per heavy atom. The minimum atomic E-state index is -0.591. The Labute approximate surface area is 168 Å². The van der Waals surface area contributed by atoms with Crippen molar-refractivity contribution < 1.29 is 19.2 Å². The van der Waals surface area contributed by atoms with Crippen LogP contribution in [0.5, 0.6) is 0 Å². The highest BCUT2D eigenvalue weighted by Gasteiger charge is 2.36. The molecule has 2 N–H and O–H groups in total. The summed E-state index contributed by atoms with van der Waals surface area (Å²) in [6, 6.07) is 7.48. The zero-order valence-corrected chi connectivity index (χ0v) is 17.4. The van der Waals surface area contributed by atoms with Crippen molar-refractivity contribution in [2.75, 3.05) is 26.2 Å². The zero-order chi connectivity index (χ0) is 20.1. The molecule has 2 aliphatic rings. The molecule has 0 unspecified atom stereocenters. The van der Waals surface area contributed by atoms with E-state index >= 15 is 0 Å². The first-order chi connectivity index (χ1) is 13.3. The van der Waals surface area contributed by atoms with Gasteiger partial charge in [0.05, 0.1) is 32.7 Å². The molecule has 0 spiro atoms. The average Bonchev–Trinajstić information content (AvgIpc) is 2.66. The number of carbonyl (C=O) groups excluding carboxylic acids is 2. The molecule has 1 atom stereocenters. The number of hydrogen-bond donors (Lipinski definition) is 2. The molecule has 6 nitrogen and oxygen atoms in total. The summed E-state index contributed by atoms with van der Waals surface area (Å²) >= 11 is 0. The Bertz CT molecular complexity index is 693. The van der Waals surface area contributed by atoms with Gasteiger partial charge in [-0.2, -0.15) is 0 Å². The number of amides is 2. The molecule has 154 valence electrons. The quantitative estimate of drug-likeness (QED) is 0.822. The van der Waals surface area contributed by atoms with E-state index in [0.717, 1.165) is 17.7 Å². The Kier molecular flexibility index (Phi) is 6.60. The van der Waals surface area contributed by atoms with E-state index in [1.165, 1.54) is 32.4 Å². The second-order valence-electron chi connectivity index (χ2n) is 8.95. The number of rotatable bonds is 4. The lowest BCUT2D eigenvalue weighted by molar-refractivity contribution is -0.903. The molecule has 3 rings (SSSR count). The maximum absolute atomic E-state index is 13.0. The van der Waals surface area contributed by atoms with Crippen molar-refractivity contribution in [3.63, 3.8) is 0 Å². The maximum atomic E-state index is 13.0. The van der Waals surface area contributed by atoms with Crippen LogP contribution in [0, 0.1) is 0 Å². The zero-order valence-electron chi connectivity index (χ0n) is 17.4. The van der Waals surface area contributed by atoms with Crippen LogP contribution >= 0.6 is 0 Å². The van der Waals surface area contributed by atoms with Gasteiger partial charge in [0.2, 0.25) is 5.91 Å². The normalized spacial score (nSPS) is 20.4. The number of piperidine rings is 1. The molecule has 0 bridgehead atoms. The summed E-state index contributed by atoms with van der Waals surface area (Å²) in [5.41, 5.74) is 1.62. The van der Waals surface area contributed by atoms with Gasteiger partial charge >= 0.3 is 6.09 Å². The van der Waals surface area contributed by atoms with E-state index in [4.69, 9.17) is 4.74 Å². The number of carbonyl (C=O) groups is 2. The molecule has 6 heteroatoms. The van der Waals surface area contributed by atoms with E-state index in [-0.39, 0.29) is 5.91 Å². The lowest BCUT2D eigenvalue weighted by atomic mass is 9.94. The molecule has 1 saturated heterocycles. The lowest BCUT2D eigenvalue weighted by Crippen LogP contribution is -3.13. The van der Waals surface area contributed by atoms with Crippen molar-refractivity contribution in [1.29, 1.82) is 0 Å². The van der Waals surface area contributed by atoms with Crippen LogP contribution in [0.15, 0.2) is 24.3 Å². The van der Waals surface area contributed by atoms with Gasteiger partial charge in [-0.15, -0.1) is 0 Å². The SMILES string of the molecule is CC(C)(C)OC(=O)N1Cc2ccccc2C[C@@H]1C(=O)NCC[NH+]1CCCCC1. The van der Waals surface area contributed by atoms with Crippen LogP contribution in [-0.2, 0) is 22.5 Å². The molecular formula is C22H34N3O3+. The number of nitrogens with one attached hydrogen (secondary N) is 2. The van der Waals surface area contributed by atoms with E-state index in [2.05, 4.69) is 5.32 Å². The summed E-state index contributed by atoms with van der Waals surface area (Å²) < 4.78 is 5.58. The first-order valence-corrected chi connectivity index (χ1v) is 10.5. The molecule has 1 aromatic carbocycles. The molecule has 2 aliphatic heterocycles. The molecule has 0 aliphatic carbocycles. The van der Waals surface area contributed by atoms with E-state index < -0.39 is 17.7 Å². The molecule has 28 heavy (non-hydrogen) atoms. The van der Waals surface area contributed by atoms with E-state index in [9.17, 15) is 9.59 Å². The molecule has 2 heterocycles. The van der Waals surface area contributed by atoms with Crippen molar-refractivity contribution in [2.24, 2.45) is 0 Å². The van der Waals surface area contributed by atoms with Crippen LogP contribution in [0.1, 0.15) is 51.2 Å². The third-order valence-electron chi connectivity index (χ3n) is 5.52. The lowest BCUT2D eigenvalue weighted by Gasteiger charge is -2.37. The fourth-order valence-electron chi connectivity index (χ4n) is 4.05. The fraction of sp³-hybridized carbons (Fsp3) is 0.636. The van der Waals surface area contributed by atoms with Crippen molar-refractivity contribution in [3.8, 4) is 0 Å². The number of benzene rings is 1. The second-order valence-corrected chi connectivity index (χ2v) is 8.95. The second kappa shape index (κ2) is 8.95. The van der Waals surface area contributed by atoms with Gasteiger partial charge in [-0.1, -0.05) is 24.3 Å². The number of fused-ring (bicyclic) bond motifs is 1. The first kappa shape index (κ1) is 20.6. The van der Waals surface area contributed by atoms with Crippen LogP contribution in [0.25, 0.3) is 0 Å². The van der Waals surface area contributed by atoms with Gasteiger partial charge in [-0.05, 0) is 51.2 Å². The van der Waals surface area contributed by atoms with Gasteiger partial charge in [0.15, 0.2) is 0 Å². The molecule has 0 radical (unpaired) electrons. The summed E-state index contributed by atoms with van der Waals surface area (Å²) in [4.78, 5) is 28.9. The summed E-state index contributed by atoms with van der Waals surface area (Å²) in [6.07, 6.45) is 3.97. The Hall–Kier alpha value is -2.08. The van der Waals surface area contributed by atoms with Crippen molar-refractivity contribution in [3.05, 3.63) is 35.4 Å².